The lowest BCUT2D eigenvalue weighted by Crippen LogP contribution is -2.23. The summed E-state index contributed by atoms with van der Waals surface area (Å²) in [4.78, 5) is 9.45. The fourth-order valence-electron chi connectivity index (χ4n) is 3.17. The SMILES string of the molecule is Cc1c[nH]c(NCC(=Cc2ccc(-c3ccc(O)cc3)s2)P2(=O)N[C@@H](C)[C@H](C)O2)n1. The Kier molecular flexibility index (Phi) is 5.84. The van der Waals surface area contributed by atoms with Gasteiger partial charge in [-0.2, -0.15) is 0 Å². The highest BCUT2D eigenvalue weighted by Gasteiger charge is 2.40. The monoisotopic (exact) mass is 444 g/mol. The van der Waals surface area contributed by atoms with E-state index in [1.54, 1.807) is 23.5 Å². The lowest BCUT2D eigenvalue weighted by Gasteiger charge is -2.16. The lowest BCUT2D eigenvalue weighted by molar-refractivity contribution is 0.240. The maximum atomic E-state index is 13.6. The zero-order valence-corrected chi connectivity index (χ0v) is 18.8. The van der Waals surface area contributed by atoms with E-state index in [9.17, 15) is 9.67 Å². The van der Waals surface area contributed by atoms with Crippen molar-refractivity contribution in [3.63, 3.8) is 0 Å². The fourth-order valence-corrected chi connectivity index (χ4v) is 6.60. The number of hydrogen-bond donors (Lipinski definition) is 4. The number of imidazole rings is 1. The van der Waals surface area contributed by atoms with Crippen LogP contribution in [0.25, 0.3) is 16.5 Å². The number of H-pyrrole nitrogens is 1. The first-order valence-electron chi connectivity index (χ1n) is 9.75. The lowest BCUT2D eigenvalue weighted by atomic mass is 10.2. The number of thiophene rings is 1. The molecule has 1 fully saturated rings. The summed E-state index contributed by atoms with van der Waals surface area (Å²) in [6.45, 7) is 6.14. The van der Waals surface area contributed by atoms with Gasteiger partial charge in [-0.05, 0) is 68.8 Å². The van der Waals surface area contributed by atoms with Crippen LogP contribution in [0.2, 0.25) is 0 Å². The molecule has 2 aromatic heterocycles. The highest BCUT2D eigenvalue weighted by Crippen LogP contribution is 2.57. The van der Waals surface area contributed by atoms with Gasteiger partial charge in [0.1, 0.15) is 5.75 Å². The van der Waals surface area contributed by atoms with Gasteiger partial charge in [-0.3, -0.25) is 4.57 Å². The summed E-state index contributed by atoms with van der Waals surface area (Å²) in [5.74, 6) is 0.865. The van der Waals surface area contributed by atoms with Crippen LogP contribution >= 0.6 is 18.9 Å². The minimum absolute atomic E-state index is 0.000911. The molecule has 1 aromatic carbocycles. The summed E-state index contributed by atoms with van der Waals surface area (Å²) in [5, 5.41) is 16.5. The number of anilines is 1. The molecule has 0 aliphatic carbocycles. The highest BCUT2D eigenvalue weighted by atomic mass is 32.1. The fraction of sp³-hybridized carbons (Fsp3) is 0.286. The number of nitrogens with zero attached hydrogens (tertiary/aromatic N) is 1. The van der Waals surface area contributed by atoms with Gasteiger partial charge in [0, 0.05) is 33.9 Å². The van der Waals surface area contributed by atoms with Crippen molar-refractivity contribution in [3.05, 3.63) is 58.5 Å². The number of hydrogen-bond acceptors (Lipinski definition) is 6. The van der Waals surface area contributed by atoms with Crippen molar-refractivity contribution in [2.75, 3.05) is 11.9 Å². The van der Waals surface area contributed by atoms with E-state index >= 15 is 0 Å². The second-order valence-electron chi connectivity index (χ2n) is 7.41. The van der Waals surface area contributed by atoms with E-state index < -0.39 is 7.52 Å². The molecule has 1 saturated heterocycles. The van der Waals surface area contributed by atoms with Gasteiger partial charge in [-0.25, -0.2) is 10.1 Å². The largest absolute Gasteiger partial charge is 0.508 e. The summed E-state index contributed by atoms with van der Waals surface area (Å²) in [6, 6.07) is 11.1. The first-order valence-corrected chi connectivity index (χ1v) is 12.2. The predicted octanol–water partition coefficient (Wildman–Crippen LogP) is 5.20. The van der Waals surface area contributed by atoms with Gasteiger partial charge in [0.05, 0.1) is 11.8 Å². The number of phenols is 1. The molecule has 3 atom stereocenters. The molecule has 0 radical (unpaired) electrons. The van der Waals surface area contributed by atoms with Crippen molar-refractivity contribution >= 4 is 30.9 Å². The Morgan fingerprint density at radius 2 is 2.07 bits per heavy atom. The van der Waals surface area contributed by atoms with Crippen LogP contribution in [0.3, 0.4) is 0 Å². The van der Waals surface area contributed by atoms with Crippen LogP contribution in [0.5, 0.6) is 5.75 Å². The van der Waals surface area contributed by atoms with Crippen molar-refractivity contribution < 1.29 is 14.2 Å². The van der Waals surface area contributed by atoms with E-state index in [0.29, 0.717) is 17.8 Å². The Bertz CT molecular complexity index is 1090. The van der Waals surface area contributed by atoms with Crippen molar-refractivity contribution in [2.24, 2.45) is 0 Å². The number of rotatable bonds is 6. The molecule has 1 aliphatic heterocycles. The smallest absolute Gasteiger partial charge is 0.298 e. The van der Waals surface area contributed by atoms with E-state index in [-0.39, 0.29) is 17.9 Å². The Hall–Kier alpha value is -2.38. The van der Waals surface area contributed by atoms with Crippen LogP contribution in [-0.4, -0.2) is 33.8 Å². The molecule has 158 valence electrons. The van der Waals surface area contributed by atoms with E-state index in [1.807, 2.05) is 57.3 Å². The second-order valence-corrected chi connectivity index (χ2v) is 10.7. The van der Waals surface area contributed by atoms with E-state index in [1.165, 1.54) is 0 Å². The minimum atomic E-state index is -3.18. The van der Waals surface area contributed by atoms with Crippen molar-refractivity contribution in [1.82, 2.24) is 15.1 Å². The maximum absolute atomic E-state index is 13.6. The number of aromatic nitrogens is 2. The van der Waals surface area contributed by atoms with Gasteiger partial charge >= 0.3 is 0 Å². The molecule has 9 heteroatoms. The maximum Gasteiger partial charge on any atom is 0.298 e. The Morgan fingerprint density at radius 3 is 2.70 bits per heavy atom. The molecule has 0 saturated carbocycles. The third-order valence-corrected chi connectivity index (χ3v) is 8.50. The van der Waals surface area contributed by atoms with E-state index in [2.05, 4.69) is 20.4 Å². The second kappa shape index (κ2) is 8.40. The van der Waals surface area contributed by atoms with Crippen LogP contribution in [0.1, 0.15) is 24.4 Å². The quantitative estimate of drug-likeness (QED) is 0.390. The molecule has 3 aromatic rings. The average molecular weight is 444 g/mol. The zero-order chi connectivity index (χ0) is 21.3. The van der Waals surface area contributed by atoms with Gasteiger partial charge in [-0.1, -0.05) is 0 Å². The molecule has 0 spiro atoms. The van der Waals surface area contributed by atoms with E-state index in [4.69, 9.17) is 4.52 Å². The van der Waals surface area contributed by atoms with Crippen LogP contribution in [0, 0.1) is 6.92 Å². The van der Waals surface area contributed by atoms with Gasteiger partial charge in [-0.15, -0.1) is 11.3 Å². The van der Waals surface area contributed by atoms with Crippen molar-refractivity contribution in [3.8, 4) is 16.2 Å². The molecule has 0 bridgehead atoms. The number of nitrogens with one attached hydrogen (secondary N) is 3. The van der Waals surface area contributed by atoms with Crippen molar-refractivity contribution in [2.45, 2.75) is 32.9 Å². The van der Waals surface area contributed by atoms with Crippen LogP contribution < -0.4 is 10.4 Å². The van der Waals surface area contributed by atoms with Crippen LogP contribution in [-0.2, 0) is 9.09 Å². The van der Waals surface area contributed by atoms with Crippen LogP contribution in [0.15, 0.2) is 47.9 Å². The Balaban J connectivity index is 1.62. The van der Waals surface area contributed by atoms with E-state index in [0.717, 1.165) is 21.0 Å². The first kappa shape index (κ1) is 20.9. The standard InChI is InChI=1S/C21H25N4O3PS/c1-13-11-22-21(24-13)23-12-18(29(27)25-14(2)15(3)28-29)10-19-8-9-20(30-19)16-4-6-17(26)7-5-16/h4-11,14-15,26H,12H2,1-3H3,(H,25,27)(H2,22,23,24)/t14-,15-,29?/m0/s1. The predicted molar refractivity (Wildman–Crippen MR) is 122 cm³/mol. The van der Waals surface area contributed by atoms with Crippen molar-refractivity contribution in [1.29, 1.82) is 0 Å². The molecule has 7 nitrogen and oxygen atoms in total. The van der Waals surface area contributed by atoms with Gasteiger partial charge in [0.25, 0.3) is 7.52 Å². The first-order chi connectivity index (χ1) is 14.3. The topological polar surface area (TPSA) is 99.3 Å². The summed E-state index contributed by atoms with van der Waals surface area (Å²) in [7, 11) is -3.18. The zero-order valence-electron chi connectivity index (χ0n) is 17.0. The average Bonchev–Trinajstić information content (AvgIpc) is 3.40. The van der Waals surface area contributed by atoms with Gasteiger partial charge in [0.15, 0.2) is 0 Å². The molecule has 0 amide bonds. The molecule has 4 rings (SSSR count). The molecule has 1 unspecified atom stereocenters. The Labute approximate surface area is 179 Å². The molecule has 3 heterocycles. The summed E-state index contributed by atoms with van der Waals surface area (Å²) in [6.07, 6.45) is 3.60. The molecule has 1 aliphatic rings. The Morgan fingerprint density at radius 1 is 1.30 bits per heavy atom. The molecular formula is C21H25N4O3PS. The highest BCUT2D eigenvalue weighted by molar-refractivity contribution is 7.62. The minimum Gasteiger partial charge on any atom is -0.508 e. The summed E-state index contributed by atoms with van der Waals surface area (Å²) >= 11 is 1.59. The summed E-state index contributed by atoms with van der Waals surface area (Å²) < 4.78 is 19.5. The summed E-state index contributed by atoms with van der Waals surface area (Å²) in [5.41, 5.74) is 1.90. The third kappa shape index (κ3) is 4.52. The number of aromatic hydroxyl groups is 1. The number of phenolic OH excluding ortho intramolecular Hbond substituents is 1. The van der Waals surface area contributed by atoms with Gasteiger partial charge < -0.3 is 19.9 Å². The molecular weight excluding hydrogens is 419 g/mol. The molecule has 4 N–H and O–H groups in total. The molecule has 30 heavy (non-hydrogen) atoms. The van der Waals surface area contributed by atoms with Gasteiger partial charge in [0.2, 0.25) is 5.95 Å². The van der Waals surface area contributed by atoms with Crippen LogP contribution in [0.4, 0.5) is 5.95 Å². The number of aryl methyl sites for hydroxylation is 1. The number of benzene rings is 1. The number of aromatic amines is 1. The normalized spacial score (nSPS) is 24.3. The third-order valence-electron chi connectivity index (χ3n) is 5.00.